The van der Waals surface area contributed by atoms with E-state index in [4.69, 9.17) is 0 Å². The van der Waals surface area contributed by atoms with Gasteiger partial charge in [0.15, 0.2) is 0 Å². The molecule has 1 rings (SSSR count). The third kappa shape index (κ3) is 6.24. The highest BCUT2D eigenvalue weighted by Gasteiger charge is 2.14. The molecule has 0 aliphatic heterocycles. The van der Waals surface area contributed by atoms with E-state index in [1.54, 1.807) is 0 Å². The van der Waals surface area contributed by atoms with Gasteiger partial charge >= 0.3 is 0 Å². The van der Waals surface area contributed by atoms with Crippen LogP contribution in [0.4, 0.5) is 0 Å². The first-order valence-corrected chi connectivity index (χ1v) is 7.80. The van der Waals surface area contributed by atoms with Crippen molar-refractivity contribution in [2.24, 2.45) is 11.8 Å². The summed E-state index contributed by atoms with van der Waals surface area (Å²) in [7, 11) is 0. The molecule has 19 heavy (non-hydrogen) atoms. The van der Waals surface area contributed by atoms with Crippen LogP contribution in [-0.2, 0) is 0 Å². The zero-order valence-electron chi connectivity index (χ0n) is 13.4. The van der Waals surface area contributed by atoms with Crippen LogP contribution in [0.1, 0.15) is 57.6 Å². The van der Waals surface area contributed by atoms with Crippen LogP contribution in [0.3, 0.4) is 0 Å². The maximum absolute atomic E-state index is 3.63. The Morgan fingerprint density at radius 3 is 2.16 bits per heavy atom. The number of hydrogen-bond donors (Lipinski definition) is 1. The highest BCUT2D eigenvalue weighted by molar-refractivity contribution is 5.24. The van der Waals surface area contributed by atoms with Crippen molar-refractivity contribution >= 4 is 0 Å². The summed E-state index contributed by atoms with van der Waals surface area (Å²) in [5.74, 6) is 2.17. The SMILES string of the molecule is CCC(C)CC(CNCC(C)C)c1ccc(C)cc1. The Morgan fingerprint density at radius 1 is 1.00 bits per heavy atom. The Morgan fingerprint density at radius 2 is 1.63 bits per heavy atom. The number of rotatable bonds is 8. The van der Waals surface area contributed by atoms with Crippen molar-refractivity contribution in [1.29, 1.82) is 0 Å². The Bertz CT molecular complexity index is 339. The molecule has 0 saturated carbocycles. The van der Waals surface area contributed by atoms with Gasteiger partial charge in [0.25, 0.3) is 0 Å². The van der Waals surface area contributed by atoms with Gasteiger partial charge in [0.2, 0.25) is 0 Å². The summed E-state index contributed by atoms with van der Waals surface area (Å²) in [6, 6.07) is 9.08. The minimum Gasteiger partial charge on any atom is -0.316 e. The van der Waals surface area contributed by atoms with Gasteiger partial charge in [0.05, 0.1) is 0 Å². The van der Waals surface area contributed by atoms with Crippen molar-refractivity contribution < 1.29 is 0 Å². The van der Waals surface area contributed by atoms with Crippen molar-refractivity contribution in [3.05, 3.63) is 35.4 Å². The summed E-state index contributed by atoms with van der Waals surface area (Å²) in [6.07, 6.45) is 2.55. The molecule has 0 aromatic heterocycles. The van der Waals surface area contributed by atoms with E-state index in [2.05, 4.69) is 64.2 Å². The van der Waals surface area contributed by atoms with Crippen LogP contribution in [0.2, 0.25) is 0 Å². The third-order valence-electron chi connectivity index (χ3n) is 3.88. The molecule has 0 aliphatic rings. The quantitative estimate of drug-likeness (QED) is 0.711. The van der Waals surface area contributed by atoms with Gasteiger partial charge in [-0.05, 0) is 43.2 Å². The Kier molecular flexibility index (Phi) is 7.15. The lowest BCUT2D eigenvalue weighted by molar-refractivity contribution is 0.425. The number of benzene rings is 1. The molecule has 1 N–H and O–H groups in total. The summed E-state index contributed by atoms with van der Waals surface area (Å²) >= 11 is 0. The minimum atomic E-state index is 0.647. The zero-order valence-corrected chi connectivity index (χ0v) is 13.4. The molecular formula is C18H31N. The molecule has 2 unspecified atom stereocenters. The van der Waals surface area contributed by atoms with Crippen molar-refractivity contribution in [3.8, 4) is 0 Å². The molecule has 1 nitrogen and oxygen atoms in total. The van der Waals surface area contributed by atoms with Crippen LogP contribution < -0.4 is 5.32 Å². The Labute approximate surface area is 119 Å². The van der Waals surface area contributed by atoms with Crippen LogP contribution in [0.5, 0.6) is 0 Å². The summed E-state index contributed by atoms with van der Waals surface area (Å²) in [5, 5.41) is 3.63. The molecule has 0 bridgehead atoms. The molecular weight excluding hydrogens is 230 g/mol. The van der Waals surface area contributed by atoms with E-state index in [-0.39, 0.29) is 0 Å². The predicted molar refractivity (Wildman–Crippen MR) is 85.7 cm³/mol. The standard InChI is InChI=1S/C18H31N/c1-6-15(4)11-18(13-19-12-14(2)3)17-9-7-16(5)8-10-17/h7-10,14-15,18-19H,6,11-13H2,1-5H3. The smallest absolute Gasteiger partial charge is 0.00203 e. The van der Waals surface area contributed by atoms with Crippen LogP contribution in [0.15, 0.2) is 24.3 Å². The second kappa shape index (κ2) is 8.37. The van der Waals surface area contributed by atoms with Crippen molar-refractivity contribution in [2.75, 3.05) is 13.1 Å². The van der Waals surface area contributed by atoms with Crippen molar-refractivity contribution in [2.45, 2.75) is 53.4 Å². The van der Waals surface area contributed by atoms with E-state index in [1.807, 2.05) is 0 Å². The van der Waals surface area contributed by atoms with E-state index in [9.17, 15) is 0 Å². The second-order valence-corrected chi connectivity index (χ2v) is 6.41. The molecule has 1 heteroatoms. The first-order valence-electron chi connectivity index (χ1n) is 7.80. The van der Waals surface area contributed by atoms with Gasteiger partial charge < -0.3 is 5.32 Å². The van der Waals surface area contributed by atoms with E-state index in [1.165, 1.54) is 24.0 Å². The van der Waals surface area contributed by atoms with E-state index >= 15 is 0 Å². The first-order chi connectivity index (χ1) is 9.02. The molecule has 0 aliphatic carbocycles. The Balaban J connectivity index is 2.65. The average molecular weight is 261 g/mol. The third-order valence-corrected chi connectivity index (χ3v) is 3.88. The molecule has 0 amide bonds. The largest absolute Gasteiger partial charge is 0.316 e. The average Bonchev–Trinajstić information content (AvgIpc) is 2.38. The normalized spacial score (nSPS) is 14.6. The van der Waals surface area contributed by atoms with Gasteiger partial charge in [0.1, 0.15) is 0 Å². The molecule has 0 saturated heterocycles. The molecule has 2 atom stereocenters. The molecule has 0 spiro atoms. The van der Waals surface area contributed by atoms with Gasteiger partial charge in [-0.2, -0.15) is 0 Å². The summed E-state index contributed by atoms with van der Waals surface area (Å²) < 4.78 is 0. The van der Waals surface area contributed by atoms with Crippen molar-refractivity contribution in [1.82, 2.24) is 5.32 Å². The summed E-state index contributed by atoms with van der Waals surface area (Å²) in [6.45, 7) is 13.6. The topological polar surface area (TPSA) is 12.0 Å². The van der Waals surface area contributed by atoms with Crippen LogP contribution in [0.25, 0.3) is 0 Å². The fourth-order valence-corrected chi connectivity index (χ4v) is 2.37. The van der Waals surface area contributed by atoms with Crippen LogP contribution in [-0.4, -0.2) is 13.1 Å². The predicted octanol–water partition coefficient (Wildman–Crippen LogP) is 4.76. The highest BCUT2D eigenvalue weighted by atomic mass is 14.9. The Hall–Kier alpha value is -0.820. The minimum absolute atomic E-state index is 0.647. The highest BCUT2D eigenvalue weighted by Crippen LogP contribution is 2.25. The maximum atomic E-state index is 3.63. The molecule has 0 heterocycles. The van der Waals surface area contributed by atoms with Crippen molar-refractivity contribution in [3.63, 3.8) is 0 Å². The lowest BCUT2D eigenvalue weighted by atomic mass is 9.88. The van der Waals surface area contributed by atoms with Crippen LogP contribution >= 0.6 is 0 Å². The number of aryl methyl sites for hydroxylation is 1. The summed E-state index contributed by atoms with van der Waals surface area (Å²) in [5.41, 5.74) is 2.84. The lowest BCUT2D eigenvalue weighted by Gasteiger charge is -2.22. The van der Waals surface area contributed by atoms with Gasteiger partial charge in [-0.3, -0.25) is 0 Å². The summed E-state index contributed by atoms with van der Waals surface area (Å²) in [4.78, 5) is 0. The molecule has 0 fully saturated rings. The van der Waals surface area contributed by atoms with Crippen LogP contribution in [0, 0.1) is 18.8 Å². The molecule has 1 aromatic rings. The molecule has 0 radical (unpaired) electrons. The number of nitrogens with one attached hydrogen (secondary N) is 1. The second-order valence-electron chi connectivity index (χ2n) is 6.41. The van der Waals surface area contributed by atoms with E-state index in [0.29, 0.717) is 5.92 Å². The molecule has 1 aromatic carbocycles. The number of hydrogen-bond acceptors (Lipinski definition) is 1. The first kappa shape index (κ1) is 16.2. The monoisotopic (exact) mass is 261 g/mol. The van der Waals surface area contributed by atoms with E-state index < -0.39 is 0 Å². The molecule has 108 valence electrons. The zero-order chi connectivity index (χ0) is 14.3. The van der Waals surface area contributed by atoms with Gasteiger partial charge in [-0.25, -0.2) is 0 Å². The van der Waals surface area contributed by atoms with Gasteiger partial charge in [0, 0.05) is 6.54 Å². The van der Waals surface area contributed by atoms with Gasteiger partial charge in [-0.1, -0.05) is 63.9 Å². The fourth-order valence-electron chi connectivity index (χ4n) is 2.37. The lowest BCUT2D eigenvalue weighted by Crippen LogP contribution is -2.26. The maximum Gasteiger partial charge on any atom is 0.00203 e. The fraction of sp³-hybridized carbons (Fsp3) is 0.667. The van der Waals surface area contributed by atoms with Gasteiger partial charge in [-0.15, -0.1) is 0 Å². The van der Waals surface area contributed by atoms with E-state index in [0.717, 1.165) is 24.9 Å².